The predicted octanol–water partition coefficient (Wildman–Crippen LogP) is 5.55. The number of nitrogens with one attached hydrogen (secondary N) is 1. The first kappa shape index (κ1) is 19.4. The summed E-state index contributed by atoms with van der Waals surface area (Å²) < 4.78 is 7.46. The largest absolute Gasteiger partial charge is 0.461 e. The van der Waals surface area contributed by atoms with Crippen LogP contribution in [0.15, 0.2) is 82.7 Å². The van der Waals surface area contributed by atoms with Gasteiger partial charge in [0, 0.05) is 28.4 Å². The number of fused-ring (bicyclic) bond motifs is 1. The third-order valence-corrected chi connectivity index (χ3v) is 6.13. The third kappa shape index (κ3) is 3.57. The molecule has 0 aliphatic carbocycles. The highest BCUT2D eigenvalue weighted by molar-refractivity contribution is 7.99. The second-order valence-corrected chi connectivity index (χ2v) is 8.00. The van der Waals surface area contributed by atoms with Gasteiger partial charge in [-0.3, -0.25) is 9.36 Å². The minimum Gasteiger partial charge on any atom is -0.461 e. The quantitative estimate of drug-likeness (QED) is 0.272. The van der Waals surface area contributed by atoms with Crippen LogP contribution < -0.4 is 0 Å². The van der Waals surface area contributed by atoms with Gasteiger partial charge in [0.1, 0.15) is 0 Å². The highest BCUT2D eigenvalue weighted by atomic mass is 32.2. The van der Waals surface area contributed by atoms with E-state index in [0.717, 1.165) is 23.0 Å². The second kappa shape index (κ2) is 8.28. The SMILES string of the molecule is CCc1cccc2c(C(=O)CSc3nnc(-c4ccco4)n3-c3ccccc3)c[nH]c12. The van der Waals surface area contributed by atoms with Crippen LogP contribution in [-0.4, -0.2) is 31.3 Å². The van der Waals surface area contributed by atoms with Crippen LogP contribution in [0, 0.1) is 0 Å². The molecule has 0 amide bonds. The number of carbonyl (C=O) groups excluding carboxylic acids is 1. The summed E-state index contributed by atoms with van der Waals surface area (Å²) in [6.45, 7) is 2.11. The van der Waals surface area contributed by atoms with E-state index in [1.165, 1.54) is 17.3 Å². The molecule has 0 aliphatic heterocycles. The van der Waals surface area contributed by atoms with Crippen LogP contribution >= 0.6 is 11.8 Å². The Hall–Kier alpha value is -3.58. The van der Waals surface area contributed by atoms with Crippen molar-refractivity contribution in [3.8, 4) is 17.3 Å². The van der Waals surface area contributed by atoms with Crippen molar-refractivity contribution in [2.45, 2.75) is 18.5 Å². The number of H-pyrrole nitrogens is 1. The van der Waals surface area contributed by atoms with Crippen molar-refractivity contribution >= 4 is 28.4 Å². The molecule has 154 valence electrons. The van der Waals surface area contributed by atoms with Gasteiger partial charge >= 0.3 is 0 Å². The van der Waals surface area contributed by atoms with Gasteiger partial charge in [0.05, 0.1) is 12.0 Å². The molecule has 0 bridgehead atoms. The Morgan fingerprint density at radius 2 is 1.94 bits per heavy atom. The van der Waals surface area contributed by atoms with Crippen molar-refractivity contribution in [1.29, 1.82) is 0 Å². The number of thioether (sulfide) groups is 1. The van der Waals surface area contributed by atoms with Crippen molar-refractivity contribution < 1.29 is 9.21 Å². The van der Waals surface area contributed by atoms with Gasteiger partial charge in [0.2, 0.25) is 5.82 Å². The fourth-order valence-corrected chi connectivity index (χ4v) is 4.52. The Bertz CT molecular complexity index is 1340. The molecule has 0 saturated heterocycles. The molecule has 0 fully saturated rings. The lowest BCUT2D eigenvalue weighted by atomic mass is 10.1. The van der Waals surface area contributed by atoms with Crippen LogP contribution in [0.2, 0.25) is 0 Å². The molecule has 2 aromatic carbocycles. The Labute approximate surface area is 183 Å². The van der Waals surface area contributed by atoms with Gasteiger partial charge in [-0.15, -0.1) is 10.2 Å². The van der Waals surface area contributed by atoms with E-state index in [4.69, 9.17) is 4.42 Å². The van der Waals surface area contributed by atoms with E-state index in [-0.39, 0.29) is 11.5 Å². The summed E-state index contributed by atoms with van der Waals surface area (Å²) in [5.41, 5.74) is 3.85. The van der Waals surface area contributed by atoms with E-state index in [0.29, 0.717) is 22.3 Å². The number of carbonyl (C=O) groups is 1. The summed E-state index contributed by atoms with van der Waals surface area (Å²) in [5, 5.41) is 10.3. The molecule has 5 rings (SSSR count). The van der Waals surface area contributed by atoms with Crippen LogP contribution in [-0.2, 0) is 6.42 Å². The number of furan rings is 1. The van der Waals surface area contributed by atoms with Gasteiger partial charge in [-0.25, -0.2) is 0 Å². The number of ketones is 1. The second-order valence-electron chi connectivity index (χ2n) is 7.06. The minimum atomic E-state index is 0.0478. The molecule has 7 heteroatoms. The minimum absolute atomic E-state index is 0.0478. The molecule has 5 aromatic rings. The average Bonchev–Trinajstić information content (AvgIpc) is 3.56. The van der Waals surface area contributed by atoms with Gasteiger partial charge in [-0.05, 0) is 36.2 Å². The predicted molar refractivity (Wildman–Crippen MR) is 122 cm³/mol. The lowest BCUT2D eigenvalue weighted by Crippen LogP contribution is -2.04. The number of hydrogen-bond donors (Lipinski definition) is 1. The molecule has 3 heterocycles. The Balaban J connectivity index is 1.45. The molecule has 0 atom stereocenters. The number of rotatable bonds is 7. The normalized spacial score (nSPS) is 11.3. The van der Waals surface area contributed by atoms with E-state index in [1.54, 1.807) is 6.26 Å². The molecule has 3 aromatic heterocycles. The van der Waals surface area contributed by atoms with E-state index >= 15 is 0 Å². The van der Waals surface area contributed by atoms with Gasteiger partial charge in [-0.2, -0.15) is 0 Å². The summed E-state index contributed by atoms with van der Waals surface area (Å²) in [4.78, 5) is 16.3. The van der Waals surface area contributed by atoms with Gasteiger partial charge in [0.15, 0.2) is 16.7 Å². The summed E-state index contributed by atoms with van der Waals surface area (Å²) >= 11 is 1.37. The number of hydrogen-bond acceptors (Lipinski definition) is 5. The fourth-order valence-electron chi connectivity index (χ4n) is 3.69. The molecule has 0 aliphatic rings. The highest BCUT2D eigenvalue weighted by Gasteiger charge is 2.20. The molecule has 0 radical (unpaired) electrons. The van der Waals surface area contributed by atoms with Gasteiger partial charge < -0.3 is 9.40 Å². The topological polar surface area (TPSA) is 76.7 Å². The molecule has 0 unspecified atom stereocenters. The maximum atomic E-state index is 13.1. The highest BCUT2D eigenvalue weighted by Crippen LogP contribution is 2.29. The summed E-state index contributed by atoms with van der Waals surface area (Å²) in [6, 6.07) is 19.6. The van der Waals surface area contributed by atoms with E-state index < -0.39 is 0 Å². The van der Waals surface area contributed by atoms with E-state index in [9.17, 15) is 4.79 Å². The van der Waals surface area contributed by atoms with Crippen molar-refractivity contribution in [3.05, 3.63) is 84.3 Å². The Morgan fingerprint density at radius 3 is 2.71 bits per heavy atom. The van der Waals surface area contributed by atoms with Gasteiger partial charge in [0.25, 0.3) is 0 Å². The molecular weight excluding hydrogens is 408 g/mol. The number of nitrogens with zero attached hydrogens (tertiary/aromatic N) is 3. The Morgan fingerprint density at radius 1 is 1.06 bits per heavy atom. The zero-order chi connectivity index (χ0) is 21.2. The summed E-state index contributed by atoms with van der Waals surface area (Å²) in [5.74, 6) is 1.53. The number of para-hydroxylation sites is 2. The molecule has 31 heavy (non-hydrogen) atoms. The Kier molecular flexibility index (Phi) is 5.18. The maximum Gasteiger partial charge on any atom is 0.205 e. The molecule has 1 N–H and O–H groups in total. The van der Waals surface area contributed by atoms with Crippen LogP contribution in [0.5, 0.6) is 0 Å². The zero-order valence-corrected chi connectivity index (χ0v) is 17.7. The molecule has 6 nitrogen and oxygen atoms in total. The summed E-state index contributed by atoms with van der Waals surface area (Å²) in [6.07, 6.45) is 4.33. The summed E-state index contributed by atoms with van der Waals surface area (Å²) in [7, 11) is 0. The van der Waals surface area contributed by atoms with E-state index in [2.05, 4.69) is 28.2 Å². The number of aromatic amines is 1. The van der Waals surface area contributed by atoms with Crippen molar-refractivity contribution in [2.24, 2.45) is 0 Å². The number of Topliss-reactive ketones (excluding diaryl/α,β-unsaturated/α-hetero) is 1. The number of aryl methyl sites for hydroxylation is 1. The van der Waals surface area contributed by atoms with Crippen molar-refractivity contribution in [1.82, 2.24) is 19.7 Å². The van der Waals surface area contributed by atoms with Crippen LogP contribution in [0.3, 0.4) is 0 Å². The van der Waals surface area contributed by atoms with E-state index in [1.807, 2.05) is 65.4 Å². The number of aromatic nitrogens is 4. The molecule has 0 spiro atoms. The van der Waals surface area contributed by atoms with Crippen molar-refractivity contribution in [2.75, 3.05) is 5.75 Å². The molecule has 0 saturated carbocycles. The monoisotopic (exact) mass is 428 g/mol. The first-order chi connectivity index (χ1) is 15.3. The zero-order valence-electron chi connectivity index (χ0n) is 16.9. The smallest absolute Gasteiger partial charge is 0.205 e. The van der Waals surface area contributed by atoms with Crippen molar-refractivity contribution in [3.63, 3.8) is 0 Å². The van der Waals surface area contributed by atoms with Gasteiger partial charge in [-0.1, -0.05) is 55.1 Å². The standard InChI is InChI=1S/C24H20N4O2S/c1-2-16-8-6-11-18-19(14-25-22(16)18)20(29)15-31-24-27-26-23(21-12-7-13-30-21)28(24)17-9-4-3-5-10-17/h3-14,25H,2,15H2,1H3. The van der Waals surface area contributed by atoms with Crippen LogP contribution in [0.1, 0.15) is 22.8 Å². The van der Waals surface area contributed by atoms with Crippen LogP contribution in [0.25, 0.3) is 28.2 Å². The third-order valence-electron chi connectivity index (χ3n) is 5.20. The average molecular weight is 429 g/mol. The number of benzene rings is 2. The first-order valence-corrected chi connectivity index (χ1v) is 11.0. The first-order valence-electron chi connectivity index (χ1n) is 10.1. The fraction of sp³-hybridized carbons (Fsp3) is 0.125. The lowest BCUT2D eigenvalue weighted by Gasteiger charge is -2.08. The maximum absolute atomic E-state index is 13.1. The molecular formula is C24H20N4O2S. The van der Waals surface area contributed by atoms with Crippen LogP contribution in [0.4, 0.5) is 0 Å². The lowest BCUT2D eigenvalue weighted by molar-refractivity contribution is 0.102.